The third kappa shape index (κ3) is 23.2. The number of rotatable bonds is 28. The van der Waals surface area contributed by atoms with Gasteiger partial charge in [-0.3, -0.25) is 9.59 Å². The van der Waals surface area contributed by atoms with Crippen LogP contribution in [0.5, 0.6) is 0 Å². The molecule has 0 fully saturated rings. The number of alkyl carbamates (subject to hydrolysis) is 1. The molecule has 43 heavy (non-hydrogen) atoms. The molecule has 0 heterocycles. The van der Waals surface area contributed by atoms with Crippen LogP contribution in [0, 0.1) is 11.8 Å². The molecule has 0 spiro atoms. The minimum absolute atomic E-state index is 0.0474. The van der Waals surface area contributed by atoms with Crippen LogP contribution in [0.25, 0.3) is 0 Å². The van der Waals surface area contributed by atoms with E-state index in [1.54, 1.807) is 0 Å². The van der Waals surface area contributed by atoms with Crippen LogP contribution in [0.2, 0.25) is 0 Å². The van der Waals surface area contributed by atoms with Crippen LogP contribution in [-0.4, -0.2) is 94.5 Å². The summed E-state index contributed by atoms with van der Waals surface area (Å²) in [4.78, 5) is 42.0. The summed E-state index contributed by atoms with van der Waals surface area (Å²) in [7, 11) is 6.30. The molecular weight excluding hydrogens is 546 g/mol. The maximum Gasteiger partial charge on any atom is 0.407 e. The first-order chi connectivity index (χ1) is 20.7. The third-order valence-corrected chi connectivity index (χ3v) is 7.95. The number of carbonyl (C=O) groups is 3. The van der Waals surface area contributed by atoms with Crippen LogP contribution in [0.1, 0.15) is 124 Å². The molecule has 0 saturated carbocycles. The second-order valence-electron chi connectivity index (χ2n) is 12.2. The summed E-state index contributed by atoms with van der Waals surface area (Å²) < 4.78 is 16.9. The molecule has 1 amide bonds. The topological polar surface area (TPSA) is 97.4 Å². The highest BCUT2D eigenvalue weighted by atomic mass is 16.6. The summed E-state index contributed by atoms with van der Waals surface area (Å²) in [5, 5.41) is 2.89. The molecule has 0 rings (SSSR count). The summed E-state index contributed by atoms with van der Waals surface area (Å²) >= 11 is 0. The molecule has 0 aromatic heterocycles. The first-order valence-electron chi connectivity index (χ1n) is 17.3. The molecule has 0 bridgehead atoms. The van der Waals surface area contributed by atoms with Gasteiger partial charge in [-0.2, -0.15) is 0 Å². The molecule has 0 aliphatic rings. The van der Waals surface area contributed by atoms with E-state index in [-0.39, 0.29) is 29.9 Å². The van der Waals surface area contributed by atoms with E-state index in [1.165, 1.54) is 6.42 Å². The number of hydrogen-bond acceptors (Lipinski definition) is 8. The highest BCUT2D eigenvalue weighted by molar-refractivity contribution is 5.72. The van der Waals surface area contributed by atoms with Gasteiger partial charge in [-0.25, -0.2) is 4.79 Å². The van der Waals surface area contributed by atoms with Crippen molar-refractivity contribution in [3.63, 3.8) is 0 Å². The van der Waals surface area contributed by atoms with Crippen molar-refractivity contribution in [3.8, 4) is 0 Å². The summed E-state index contributed by atoms with van der Waals surface area (Å²) in [6.45, 7) is 12.5. The molecule has 0 aromatic rings. The molecule has 2 unspecified atom stereocenters. The molecular formula is C34H67N3O6. The van der Waals surface area contributed by atoms with Gasteiger partial charge in [-0.1, -0.05) is 53.4 Å². The Balaban J connectivity index is 4.65. The summed E-state index contributed by atoms with van der Waals surface area (Å²) in [6, 6.07) is 0. The van der Waals surface area contributed by atoms with E-state index < -0.39 is 6.09 Å². The normalized spacial score (nSPS) is 13.5. The van der Waals surface area contributed by atoms with E-state index in [1.807, 2.05) is 13.8 Å². The zero-order chi connectivity index (χ0) is 32.3. The number of nitrogens with zero attached hydrogens (tertiary/aromatic N) is 2. The molecule has 0 aromatic carbocycles. The van der Waals surface area contributed by atoms with Gasteiger partial charge < -0.3 is 29.3 Å². The first kappa shape index (κ1) is 41.1. The Hall–Kier alpha value is -1.87. The number of unbranched alkanes of at least 4 members (excludes halogenated alkanes) is 3. The molecule has 1 N–H and O–H groups in total. The lowest BCUT2D eigenvalue weighted by molar-refractivity contribution is -0.149. The van der Waals surface area contributed by atoms with Gasteiger partial charge in [0, 0.05) is 6.54 Å². The predicted molar refractivity (Wildman–Crippen MR) is 175 cm³/mol. The fraction of sp³-hybridized carbons (Fsp3) is 0.912. The van der Waals surface area contributed by atoms with Crippen molar-refractivity contribution in [1.29, 1.82) is 0 Å². The van der Waals surface area contributed by atoms with Crippen LogP contribution >= 0.6 is 0 Å². The summed E-state index contributed by atoms with van der Waals surface area (Å²) in [5.74, 6) is -0.355. The maximum absolute atomic E-state index is 12.6. The van der Waals surface area contributed by atoms with Gasteiger partial charge in [-0.15, -0.1) is 0 Å². The summed E-state index contributed by atoms with van der Waals surface area (Å²) in [6.07, 6.45) is 12.3. The summed E-state index contributed by atoms with van der Waals surface area (Å²) in [5.41, 5.74) is 0. The van der Waals surface area contributed by atoms with Crippen molar-refractivity contribution < 1.29 is 28.6 Å². The number of amides is 1. The average Bonchev–Trinajstić information content (AvgIpc) is 2.98. The lowest BCUT2D eigenvalue weighted by atomic mass is 10.00. The molecule has 254 valence electrons. The largest absolute Gasteiger partial charge is 0.465 e. The van der Waals surface area contributed by atoms with Gasteiger partial charge in [0.25, 0.3) is 0 Å². The minimum Gasteiger partial charge on any atom is -0.465 e. The SMILES string of the molecule is CCCCC(CC)C(=O)OCCCC(CCCOC(=O)C(CC)CCCC)OC(=O)NCCCN(C)CCCCN(C)C. The van der Waals surface area contributed by atoms with Crippen molar-refractivity contribution in [2.24, 2.45) is 11.8 Å². The number of hydrogen-bond donors (Lipinski definition) is 1. The monoisotopic (exact) mass is 614 g/mol. The van der Waals surface area contributed by atoms with Crippen molar-refractivity contribution in [1.82, 2.24) is 15.1 Å². The fourth-order valence-electron chi connectivity index (χ4n) is 5.00. The number of esters is 2. The maximum atomic E-state index is 12.6. The van der Waals surface area contributed by atoms with E-state index in [4.69, 9.17) is 14.2 Å². The van der Waals surface area contributed by atoms with Gasteiger partial charge >= 0.3 is 18.0 Å². The molecule has 0 aliphatic heterocycles. The minimum atomic E-state index is -0.427. The highest BCUT2D eigenvalue weighted by Gasteiger charge is 2.20. The van der Waals surface area contributed by atoms with Crippen molar-refractivity contribution in [2.45, 2.75) is 130 Å². The molecule has 2 atom stereocenters. The van der Waals surface area contributed by atoms with Crippen molar-refractivity contribution >= 4 is 18.0 Å². The van der Waals surface area contributed by atoms with E-state index in [9.17, 15) is 14.4 Å². The van der Waals surface area contributed by atoms with Crippen molar-refractivity contribution in [3.05, 3.63) is 0 Å². The van der Waals surface area contributed by atoms with Crippen molar-refractivity contribution in [2.75, 3.05) is 60.5 Å². The third-order valence-electron chi connectivity index (χ3n) is 7.95. The molecule has 9 heteroatoms. The Labute approximate surface area is 264 Å². The van der Waals surface area contributed by atoms with Gasteiger partial charge in [0.1, 0.15) is 6.10 Å². The smallest absolute Gasteiger partial charge is 0.407 e. The van der Waals surface area contributed by atoms with Gasteiger partial charge in [0.2, 0.25) is 0 Å². The lowest BCUT2D eigenvalue weighted by Gasteiger charge is -2.20. The molecule has 0 radical (unpaired) electrons. The van der Waals surface area contributed by atoms with Crippen LogP contribution in [0.3, 0.4) is 0 Å². The van der Waals surface area contributed by atoms with Gasteiger partial charge in [0.15, 0.2) is 0 Å². The number of carbonyl (C=O) groups excluding carboxylic acids is 3. The van der Waals surface area contributed by atoms with E-state index in [2.05, 4.69) is 50.1 Å². The lowest BCUT2D eigenvalue weighted by Crippen LogP contribution is -2.32. The van der Waals surface area contributed by atoms with E-state index >= 15 is 0 Å². The first-order valence-corrected chi connectivity index (χ1v) is 17.3. The zero-order valence-electron chi connectivity index (χ0n) is 28.9. The van der Waals surface area contributed by atoms with Crippen LogP contribution in [0.4, 0.5) is 4.79 Å². The van der Waals surface area contributed by atoms with Crippen LogP contribution in [0.15, 0.2) is 0 Å². The number of nitrogens with one attached hydrogen (secondary N) is 1. The van der Waals surface area contributed by atoms with E-state index in [0.29, 0.717) is 45.4 Å². The Bertz CT molecular complexity index is 670. The van der Waals surface area contributed by atoms with Gasteiger partial charge in [-0.05, 0) is 111 Å². The molecule has 9 nitrogen and oxygen atoms in total. The molecule has 0 aliphatic carbocycles. The average molecular weight is 614 g/mol. The zero-order valence-corrected chi connectivity index (χ0v) is 28.9. The second-order valence-corrected chi connectivity index (χ2v) is 12.2. The number of ether oxygens (including phenoxy) is 3. The molecule has 0 saturated heterocycles. The highest BCUT2D eigenvalue weighted by Crippen LogP contribution is 2.17. The Morgan fingerprint density at radius 2 is 1.12 bits per heavy atom. The van der Waals surface area contributed by atoms with Gasteiger partial charge in [0.05, 0.1) is 25.0 Å². The Morgan fingerprint density at radius 3 is 1.58 bits per heavy atom. The second kappa shape index (κ2) is 27.7. The standard InChI is InChI=1S/C34H67N3O6/c1-8-12-19-29(10-3)32(38)41-27-16-21-31(22-17-28-42-33(39)30(11-4)20-13-9-2)43-34(40)35-23-18-26-37(7)25-15-14-24-36(5)6/h29-31H,8-28H2,1-7H3,(H,35,40). The predicted octanol–water partition coefficient (Wildman–Crippen LogP) is 6.82. The quantitative estimate of drug-likeness (QED) is 0.0583. The van der Waals surface area contributed by atoms with E-state index in [0.717, 1.165) is 83.8 Å². The Morgan fingerprint density at radius 1 is 0.628 bits per heavy atom. The van der Waals surface area contributed by atoms with Crippen LogP contribution < -0.4 is 5.32 Å². The Kier molecular flexibility index (Phi) is 26.5. The fourth-order valence-corrected chi connectivity index (χ4v) is 5.00. The van der Waals surface area contributed by atoms with Crippen LogP contribution in [-0.2, 0) is 23.8 Å².